The number of alkyl halides is 3. The maximum Gasteiger partial charge on any atom is 0.255 e. The highest BCUT2D eigenvalue weighted by molar-refractivity contribution is 6.00. The van der Waals surface area contributed by atoms with E-state index >= 15 is 0 Å². The van der Waals surface area contributed by atoms with Crippen molar-refractivity contribution in [2.45, 2.75) is 36.8 Å². The lowest BCUT2D eigenvalue weighted by Crippen LogP contribution is -2.35. The van der Waals surface area contributed by atoms with Crippen molar-refractivity contribution in [3.63, 3.8) is 0 Å². The number of aromatic nitrogens is 2. The van der Waals surface area contributed by atoms with E-state index in [1.807, 2.05) is 0 Å². The Balaban J connectivity index is 1.50. The first-order valence-electron chi connectivity index (χ1n) is 9.33. The molecule has 2 amide bonds. The molecule has 2 fully saturated rings. The Kier molecular flexibility index (Phi) is 4.74. The number of nitrogens with zero attached hydrogens (tertiary/aromatic N) is 3. The molecule has 1 aromatic carbocycles. The topological polar surface area (TPSA) is 75.2 Å². The molecule has 0 bridgehead atoms. The zero-order valence-electron chi connectivity index (χ0n) is 16.0. The maximum absolute atomic E-state index is 14.4. The van der Waals surface area contributed by atoms with Gasteiger partial charge in [-0.05, 0) is 30.0 Å². The van der Waals surface area contributed by atoms with Gasteiger partial charge < -0.3 is 4.90 Å². The van der Waals surface area contributed by atoms with E-state index in [0.29, 0.717) is 18.4 Å². The normalized spacial score (nSPS) is 20.4. The van der Waals surface area contributed by atoms with Crippen molar-refractivity contribution < 1.29 is 27.2 Å². The molecule has 10 heteroatoms. The van der Waals surface area contributed by atoms with Crippen LogP contribution < -0.4 is 5.32 Å². The quantitative estimate of drug-likeness (QED) is 0.724. The smallest absolute Gasteiger partial charge is 0.255 e. The van der Waals surface area contributed by atoms with Gasteiger partial charge in [-0.2, -0.15) is 0 Å². The third-order valence-corrected chi connectivity index (χ3v) is 5.29. The first-order valence-corrected chi connectivity index (χ1v) is 9.33. The van der Waals surface area contributed by atoms with Gasteiger partial charge in [0.1, 0.15) is 5.67 Å². The van der Waals surface area contributed by atoms with Crippen molar-refractivity contribution in [3.05, 3.63) is 53.1 Å². The molecule has 1 atom stereocenters. The predicted molar refractivity (Wildman–Crippen MR) is 98.3 cm³/mol. The lowest BCUT2D eigenvalue weighted by molar-refractivity contribution is -0.116. The van der Waals surface area contributed by atoms with Crippen LogP contribution in [0, 0.1) is 5.82 Å². The van der Waals surface area contributed by atoms with Crippen molar-refractivity contribution in [1.82, 2.24) is 14.9 Å². The van der Waals surface area contributed by atoms with Crippen LogP contribution in [0.5, 0.6) is 0 Å². The van der Waals surface area contributed by atoms with Gasteiger partial charge in [-0.25, -0.2) is 27.5 Å². The summed E-state index contributed by atoms with van der Waals surface area (Å²) in [6, 6.07) is 4.13. The third-order valence-electron chi connectivity index (χ3n) is 5.29. The number of hydrogen-bond acceptors (Lipinski definition) is 4. The Morgan fingerprint density at radius 2 is 1.83 bits per heavy atom. The summed E-state index contributed by atoms with van der Waals surface area (Å²) in [4.78, 5) is 33.2. The molecular formula is C20H18F4N4O2. The minimum Gasteiger partial charge on any atom is -0.332 e. The van der Waals surface area contributed by atoms with Gasteiger partial charge in [0.05, 0.1) is 24.9 Å². The number of carbonyl (C=O) groups excluding carboxylic acids is 2. The molecule has 0 aliphatic heterocycles. The highest BCUT2D eigenvalue weighted by Crippen LogP contribution is 2.58. The van der Waals surface area contributed by atoms with Gasteiger partial charge in [0.15, 0.2) is 5.82 Å². The van der Waals surface area contributed by atoms with Crippen molar-refractivity contribution in [1.29, 1.82) is 0 Å². The van der Waals surface area contributed by atoms with Crippen LogP contribution in [-0.2, 0) is 10.5 Å². The molecular weight excluding hydrogens is 404 g/mol. The SMILES string of the molecule is CN(CC(=O)Nc1ncc(F)cn1)C(=O)c1ccc(C2(F)CC2)cc1C1CC1(F)F. The van der Waals surface area contributed by atoms with Crippen molar-refractivity contribution in [2.75, 3.05) is 18.9 Å². The Bertz CT molecular complexity index is 1010. The number of likely N-dealkylation sites (N-methyl/N-ethyl adjacent to an activating group) is 1. The molecule has 2 aliphatic rings. The monoisotopic (exact) mass is 422 g/mol. The Hall–Kier alpha value is -3.04. The highest BCUT2D eigenvalue weighted by atomic mass is 19.3. The van der Waals surface area contributed by atoms with E-state index in [2.05, 4.69) is 15.3 Å². The second kappa shape index (κ2) is 7.03. The van der Waals surface area contributed by atoms with Crippen LogP contribution in [0.2, 0.25) is 0 Å². The Labute approximate surface area is 169 Å². The molecule has 2 aromatic rings. The summed E-state index contributed by atoms with van der Waals surface area (Å²) in [7, 11) is 1.34. The molecule has 1 unspecified atom stereocenters. The maximum atomic E-state index is 14.4. The van der Waals surface area contributed by atoms with E-state index in [4.69, 9.17) is 0 Å². The summed E-state index contributed by atoms with van der Waals surface area (Å²) < 4.78 is 54.7. The van der Waals surface area contributed by atoms with Gasteiger partial charge in [-0.15, -0.1) is 0 Å². The fourth-order valence-corrected chi connectivity index (χ4v) is 3.31. The molecule has 4 rings (SSSR count). The average Bonchev–Trinajstić information content (AvgIpc) is 3.59. The molecule has 6 nitrogen and oxygen atoms in total. The summed E-state index contributed by atoms with van der Waals surface area (Å²) >= 11 is 0. The summed E-state index contributed by atoms with van der Waals surface area (Å²) in [5.41, 5.74) is -1.11. The lowest BCUT2D eigenvalue weighted by atomic mass is 9.96. The molecule has 2 saturated carbocycles. The second-order valence-corrected chi connectivity index (χ2v) is 7.72. The summed E-state index contributed by atoms with van der Waals surface area (Å²) in [5.74, 6) is -6.17. The lowest BCUT2D eigenvalue weighted by Gasteiger charge is -2.19. The van der Waals surface area contributed by atoms with Gasteiger partial charge in [0.2, 0.25) is 11.9 Å². The number of nitrogens with one attached hydrogen (secondary N) is 1. The summed E-state index contributed by atoms with van der Waals surface area (Å²) in [6.07, 6.45) is 2.00. The number of amides is 2. The van der Waals surface area contributed by atoms with Crippen LogP contribution in [0.25, 0.3) is 0 Å². The summed E-state index contributed by atoms with van der Waals surface area (Å²) in [5, 5.41) is 2.32. The zero-order valence-corrected chi connectivity index (χ0v) is 16.0. The van der Waals surface area contributed by atoms with Crippen molar-refractivity contribution in [2.24, 2.45) is 0 Å². The fourth-order valence-electron chi connectivity index (χ4n) is 3.31. The molecule has 0 radical (unpaired) electrons. The predicted octanol–water partition coefficient (Wildman–Crippen LogP) is 3.41. The minimum absolute atomic E-state index is 0.0125. The van der Waals surface area contributed by atoms with E-state index in [-0.39, 0.29) is 17.1 Å². The zero-order chi connectivity index (χ0) is 21.7. The van der Waals surface area contributed by atoms with Crippen LogP contribution in [0.1, 0.15) is 46.7 Å². The van der Waals surface area contributed by atoms with Gasteiger partial charge in [-0.3, -0.25) is 14.9 Å². The van der Waals surface area contributed by atoms with Crippen molar-refractivity contribution in [3.8, 4) is 0 Å². The molecule has 1 N–H and O–H groups in total. The van der Waals surface area contributed by atoms with E-state index < -0.39 is 48.1 Å². The van der Waals surface area contributed by atoms with Crippen LogP contribution in [0.4, 0.5) is 23.5 Å². The van der Waals surface area contributed by atoms with E-state index in [9.17, 15) is 27.2 Å². The van der Waals surface area contributed by atoms with Crippen LogP contribution in [0.15, 0.2) is 30.6 Å². The number of anilines is 1. The molecule has 2 aliphatic carbocycles. The average molecular weight is 422 g/mol. The van der Waals surface area contributed by atoms with Crippen molar-refractivity contribution >= 4 is 17.8 Å². The molecule has 0 saturated heterocycles. The van der Waals surface area contributed by atoms with E-state index in [1.165, 1.54) is 25.2 Å². The first-order chi connectivity index (χ1) is 14.1. The number of rotatable bonds is 6. The van der Waals surface area contributed by atoms with Crippen LogP contribution in [0.3, 0.4) is 0 Å². The molecule has 158 valence electrons. The Morgan fingerprint density at radius 3 is 2.40 bits per heavy atom. The number of halogens is 4. The summed E-state index contributed by atoms with van der Waals surface area (Å²) in [6.45, 7) is -0.408. The highest BCUT2D eigenvalue weighted by Gasteiger charge is 2.59. The van der Waals surface area contributed by atoms with Gasteiger partial charge in [0, 0.05) is 19.0 Å². The van der Waals surface area contributed by atoms with Gasteiger partial charge in [0.25, 0.3) is 11.8 Å². The fraction of sp³-hybridized carbons (Fsp3) is 0.400. The Morgan fingerprint density at radius 1 is 1.20 bits per heavy atom. The standard InChI is InChI=1S/C20H18F4N4O2/c1-28(10-16(29)27-18-25-8-12(21)9-26-18)17(30)13-3-2-11(19(22)4-5-19)6-14(13)15-7-20(15,23)24/h2-3,6,8-9,15H,4-5,7,10H2,1H3,(H,25,26,27,29). The number of benzene rings is 1. The third kappa shape index (κ3) is 3.99. The number of hydrogen-bond donors (Lipinski definition) is 1. The van der Waals surface area contributed by atoms with E-state index in [1.54, 1.807) is 0 Å². The first kappa shape index (κ1) is 20.2. The van der Waals surface area contributed by atoms with Crippen LogP contribution >= 0.6 is 0 Å². The molecule has 1 aromatic heterocycles. The van der Waals surface area contributed by atoms with E-state index in [0.717, 1.165) is 17.3 Å². The van der Waals surface area contributed by atoms with Gasteiger partial charge >= 0.3 is 0 Å². The largest absolute Gasteiger partial charge is 0.332 e. The molecule has 30 heavy (non-hydrogen) atoms. The van der Waals surface area contributed by atoms with Crippen LogP contribution in [-0.4, -0.2) is 46.2 Å². The molecule has 1 heterocycles. The second-order valence-electron chi connectivity index (χ2n) is 7.72. The number of carbonyl (C=O) groups is 2. The minimum atomic E-state index is -2.93. The van der Waals surface area contributed by atoms with Gasteiger partial charge in [-0.1, -0.05) is 12.1 Å². The molecule has 0 spiro atoms.